The van der Waals surface area contributed by atoms with Crippen molar-refractivity contribution < 1.29 is 17.6 Å². The van der Waals surface area contributed by atoms with E-state index in [0.29, 0.717) is 32.0 Å². The summed E-state index contributed by atoms with van der Waals surface area (Å²) in [5, 5.41) is 0. The predicted octanol–water partition coefficient (Wildman–Crippen LogP) is 3.21. The van der Waals surface area contributed by atoms with Gasteiger partial charge in [-0.3, -0.25) is 0 Å². The molecule has 0 atom stereocenters. The Morgan fingerprint density at radius 2 is 1.58 bits per heavy atom. The van der Waals surface area contributed by atoms with Crippen LogP contribution in [0, 0.1) is 5.82 Å². The number of anilines is 2. The van der Waals surface area contributed by atoms with Crippen molar-refractivity contribution in [1.82, 2.24) is 14.4 Å². The Bertz CT molecular complexity index is 911. The number of aromatic nitrogens is 3. The maximum atomic E-state index is 13.0. The van der Waals surface area contributed by atoms with Crippen molar-refractivity contribution in [3.05, 3.63) is 54.4 Å². The number of halogens is 4. The van der Waals surface area contributed by atoms with Gasteiger partial charge in [0.15, 0.2) is 17.2 Å². The average Bonchev–Trinajstić information content (AvgIpc) is 3.07. The lowest BCUT2D eigenvalue weighted by atomic mass is 10.2. The molecule has 1 aliphatic heterocycles. The van der Waals surface area contributed by atoms with E-state index in [9.17, 15) is 17.6 Å². The number of piperazine rings is 1. The molecule has 0 N–H and O–H groups in total. The van der Waals surface area contributed by atoms with Crippen molar-refractivity contribution in [2.45, 2.75) is 6.18 Å². The summed E-state index contributed by atoms with van der Waals surface area (Å²) in [7, 11) is 0. The van der Waals surface area contributed by atoms with Crippen molar-refractivity contribution in [1.29, 1.82) is 0 Å². The van der Waals surface area contributed by atoms with E-state index in [-0.39, 0.29) is 11.5 Å². The fraction of sp³-hybridized carbons (Fsp3) is 0.294. The quantitative estimate of drug-likeness (QED) is 0.654. The number of nitrogens with zero attached hydrogens (tertiary/aromatic N) is 5. The molecule has 0 radical (unpaired) electrons. The van der Waals surface area contributed by atoms with Gasteiger partial charge in [0.2, 0.25) is 0 Å². The highest BCUT2D eigenvalue weighted by Crippen LogP contribution is 2.30. The maximum absolute atomic E-state index is 13.0. The lowest BCUT2D eigenvalue weighted by Gasteiger charge is -2.36. The number of fused-ring (bicyclic) bond motifs is 1. The van der Waals surface area contributed by atoms with Crippen molar-refractivity contribution in [2.75, 3.05) is 36.0 Å². The van der Waals surface area contributed by atoms with E-state index in [0.717, 1.165) is 11.9 Å². The summed E-state index contributed by atoms with van der Waals surface area (Å²) in [6.45, 7) is 2.47. The Balaban J connectivity index is 1.56. The van der Waals surface area contributed by atoms with Crippen LogP contribution in [-0.4, -0.2) is 40.5 Å². The number of imidazole rings is 1. The van der Waals surface area contributed by atoms with E-state index < -0.39 is 11.9 Å². The van der Waals surface area contributed by atoms with E-state index in [1.54, 1.807) is 12.1 Å². The van der Waals surface area contributed by atoms with Gasteiger partial charge < -0.3 is 14.2 Å². The number of rotatable bonds is 2. The molecule has 1 aliphatic rings. The van der Waals surface area contributed by atoms with Gasteiger partial charge in [0.25, 0.3) is 0 Å². The number of benzene rings is 1. The van der Waals surface area contributed by atoms with E-state index in [1.165, 1.54) is 28.9 Å². The molecule has 3 heterocycles. The van der Waals surface area contributed by atoms with Gasteiger partial charge in [-0.1, -0.05) is 0 Å². The summed E-state index contributed by atoms with van der Waals surface area (Å²) in [4.78, 5) is 12.0. The van der Waals surface area contributed by atoms with E-state index in [4.69, 9.17) is 0 Å². The second-order valence-electron chi connectivity index (χ2n) is 6.06. The minimum Gasteiger partial charge on any atom is -0.368 e. The van der Waals surface area contributed by atoms with Gasteiger partial charge in [-0.2, -0.15) is 13.2 Å². The van der Waals surface area contributed by atoms with Crippen LogP contribution in [0.5, 0.6) is 0 Å². The molecule has 0 bridgehead atoms. The van der Waals surface area contributed by atoms with Gasteiger partial charge in [-0.15, -0.1) is 0 Å². The van der Waals surface area contributed by atoms with Gasteiger partial charge in [0.05, 0.1) is 0 Å². The fourth-order valence-electron chi connectivity index (χ4n) is 3.09. The SMILES string of the molecule is Fc1ccc(N2CCN(c3nccn4cc(C(F)(F)F)nc34)CC2)cc1. The van der Waals surface area contributed by atoms with Gasteiger partial charge >= 0.3 is 6.18 Å². The summed E-state index contributed by atoms with van der Waals surface area (Å²) in [5.74, 6) is 0.143. The summed E-state index contributed by atoms with van der Waals surface area (Å²) in [5.41, 5.74) is 0.171. The molecule has 2 aromatic heterocycles. The molecule has 0 amide bonds. The maximum Gasteiger partial charge on any atom is 0.434 e. The minimum atomic E-state index is -4.50. The smallest absolute Gasteiger partial charge is 0.368 e. The van der Waals surface area contributed by atoms with Crippen LogP contribution < -0.4 is 9.80 Å². The summed E-state index contributed by atoms with van der Waals surface area (Å²) < 4.78 is 53.2. The first kappa shape index (κ1) is 16.6. The number of hydrogen-bond acceptors (Lipinski definition) is 4. The van der Waals surface area contributed by atoms with E-state index >= 15 is 0 Å². The lowest BCUT2D eigenvalue weighted by Crippen LogP contribution is -2.47. The molecule has 26 heavy (non-hydrogen) atoms. The first-order valence-corrected chi connectivity index (χ1v) is 8.08. The number of alkyl halides is 3. The third-order valence-electron chi connectivity index (χ3n) is 4.42. The Morgan fingerprint density at radius 1 is 0.923 bits per heavy atom. The Hall–Kier alpha value is -2.84. The zero-order valence-corrected chi connectivity index (χ0v) is 13.6. The zero-order valence-electron chi connectivity index (χ0n) is 13.6. The number of hydrogen-bond donors (Lipinski definition) is 0. The van der Waals surface area contributed by atoms with Crippen LogP contribution in [0.15, 0.2) is 42.9 Å². The molecule has 1 saturated heterocycles. The molecule has 0 saturated carbocycles. The largest absolute Gasteiger partial charge is 0.434 e. The molecular formula is C17H15F4N5. The van der Waals surface area contributed by atoms with Crippen LogP contribution >= 0.6 is 0 Å². The second kappa shape index (κ2) is 6.15. The molecule has 0 unspecified atom stereocenters. The normalized spacial score (nSPS) is 15.7. The van der Waals surface area contributed by atoms with Crippen molar-refractivity contribution >= 4 is 17.2 Å². The topological polar surface area (TPSA) is 36.7 Å². The standard InChI is InChI=1S/C17H15F4N5/c18-12-1-3-13(4-2-12)24-7-9-25(10-8-24)15-16-23-14(17(19,20)21)11-26(16)6-5-22-15/h1-6,11H,7-10H2. The monoisotopic (exact) mass is 365 g/mol. The molecule has 1 aromatic carbocycles. The van der Waals surface area contributed by atoms with Crippen LogP contribution in [0.4, 0.5) is 29.1 Å². The molecule has 5 nitrogen and oxygen atoms in total. The van der Waals surface area contributed by atoms with Crippen molar-refractivity contribution in [2.24, 2.45) is 0 Å². The van der Waals surface area contributed by atoms with Gasteiger partial charge in [-0.25, -0.2) is 14.4 Å². The molecule has 1 fully saturated rings. The van der Waals surface area contributed by atoms with E-state index in [2.05, 4.69) is 14.9 Å². The predicted molar refractivity (Wildman–Crippen MR) is 88.8 cm³/mol. The molecule has 0 spiro atoms. The molecule has 9 heteroatoms. The van der Waals surface area contributed by atoms with Gasteiger partial charge in [0.1, 0.15) is 5.82 Å². The summed E-state index contributed by atoms with van der Waals surface area (Å²) >= 11 is 0. The molecule has 0 aliphatic carbocycles. The Kier molecular flexibility index (Phi) is 3.93. The molecule has 3 aromatic rings. The minimum absolute atomic E-state index is 0.190. The van der Waals surface area contributed by atoms with Crippen LogP contribution in [0.3, 0.4) is 0 Å². The molecular weight excluding hydrogens is 350 g/mol. The molecule has 136 valence electrons. The lowest BCUT2D eigenvalue weighted by molar-refractivity contribution is -0.140. The third-order valence-corrected chi connectivity index (χ3v) is 4.42. The first-order valence-electron chi connectivity index (χ1n) is 8.08. The van der Waals surface area contributed by atoms with E-state index in [1.807, 2.05) is 4.90 Å². The highest BCUT2D eigenvalue weighted by atomic mass is 19.4. The third kappa shape index (κ3) is 3.04. The van der Waals surface area contributed by atoms with Crippen LogP contribution in [0.25, 0.3) is 5.65 Å². The fourth-order valence-corrected chi connectivity index (χ4v) is 3.09. The highest BCUT2D eigenvalue weighted by Gasteiger charge is 2.34. The van der Waals surface area contributed by atoms with Crippen molar-refractivity contribution in [3.8, 4) is 0 Å². The average molecular weight is 365 g/mol. The summed E-state index contributed by atoms with van der Waals surface area (Å²) in [6, 6.07) is 6.25. The molecule has 4 rings (SSSR count). The van der Waals surface area contributed by atoms with Crippen LogP contribution in [0.2, 0.25) is 0 Å². The van der Waals surface area contributed by atoms with Crippen LogP contribution in [-0.2, 0) is 6.18 Å². The first-order chi connectivity index (χ1) is 12.4. The van der Waals surface area contributed by atoms with Gasteiger partial charge in [-0.05, 0) is 24.3 Å². The van der Waals surface area contributed by atoms with Gasteiger partial charge in [0, 0.05) is 50.5 Å². The second-order valence-corrected chi connectivity index (χ2v) is 6.06. The summed E-state index contributed by atoms with van der Waals surface area (Å²) in [6.07, 6.45) is -0.605. The zero-order chi connectivity index (χ0) is 18.3. The Labute approximate surface area is 146 Å². The Morgan fingerprint density at radius 3 is 2.23 bits per heavy atom. The highest BCUT2D eigenvalue weighted by molar-refractivity contribution is 5.65. The van der Waals surface area contributed by atoms with Crippen molar-refractivity contribution in [3.63, 3.8) is 0 Å². The van der Waals surface area contributed by atoms with Crippen LogP contribution in [0.1, 0.15) is 5.69 Å².